The third-order valence-corrected chi connectivity index (χ3v) is 2.06. The van der Waals surface area contributed by atoms with Crippen molar-refractivity contribution in [2.24, 2.45) is 0 Å². The Hall–Kier alpha value is -1.16. The Balaban J connectivity index is 2.37. The molecule has 1 rings (SSSR count). The van der Waals surface area contributed by atoms with Crippen molar-refractivity contribution < 1.29 is 9.59 Å². The van der Waals surface area contributed by atoms with Gasteiger partial charge in [0, 0.05) is 0 Å². The molecule has 1 unspecified atom stereocenters. The first-order chi connectivity index (χ1) is 6.24. The molecule has 0 aromatic rings. The summed E-state index contributed by atoms with van der Waals surface area (Å²) in [6, 6.07) is -0.211. The number of amides is 2. The molecule has 0 aromatic carbocycles. The van der Waals surface area contributed by atoms with Crippen LogP contribution in [-0.2, 0) is 9.59 Å². The summed E-state index contributed by atoms with van der Waals surface area (Å²) in [7, 11) is 0. The second-order valence-corrected chi connectivity index (χ2v) is 3.06. The Kier molecular flexibility index (Phi) is 3.64. The van der Waals surface area contributed by atoms with Crippen molar-refractivity contribution >= 4 is 11.8 Å². The van der Waals surface area contributed by atoms with Gasteiger partial charge in [-0.25, -0.2) is 0 Å². The molecule has 0 saturated carbocycles. The Morgan fingerprint density at radius 3 is 2.77 bits per heavy atom. The van der Waals surface area contributed by atoms with Gasteiger partial charge in [-0.05, 0) is 25.5 Å². The third-order valence-electron chi connectivity index (χ3n) is 2.06. The first kappa shape index (κ1) is 9.92. The van der Waals surface area contributed by atoms with Crippen LogP contribution in [0.2, 0.25) is 0 Å². The van der Waals surface area contributed by atoms with Crippen molar-refractivity contribution in [3.63, 3.8) is 0 Å². The maximum absolute atomic E-state index is 11.3. The van der Waals surface area contributed by atoms with Gasteiger partial charge in [-0.15, -0.1) is 0 Å². The Labute approximate surface area is 77.4 Å². The van der Waals surface area contributed by atoms with E-state index in [1.165, 1.54) is 0 Å². The average Bonchev–Trinajstić information content (AvgIpc) is 2.19. The van der Waals surface area contributed by atoms with E-state index in [0.717, 1.165) is 31.9 Å². The zero-order chi connectivity index (χ0) is 9.68. The van der Waals surface area contributed by atoms with Crippen molar-refractivity contribution in [1.82, 2.24) is 10.6 Å². The minimum Gasteiger partial charge on any atom is -0.306 e. The fourth-order valence-corrected chi connectivity index (χ4v) is 1.34. The highest BCUT2D eigenvalue weighted by Crippen LogP contribution is 2.06. The van der Waals surface area contributed by atoms with Crippen molar-refractivity contribution in [1.29, 1.82) is 0 Å². The molecule has 1 aliphatic heterocycles. The summed E-state index contributed by atoms with van der Waals surface area (Å²) in [5, 5.41) is 5.29. The number of hydrogen-bond donors (Lipinski definition) is 2. The number of carbonyl (C=O) groups excluding carboxylic acids is 2. The van der Waals surface area contributed by atoms with E-state index in [0.29, 0.717) is 0 Å². The molecule has 0 aromatic heterocycles. The van der Waals surface area contributed by atoms with Crippen LogP contribution in [0.3, 0.4) is 0 Å². The van der Waals surface area contributed by atoms with Gasteiger partial charge in [0.15, 0.2) is 0 Å². The lowest BCUT2D eigenvalue weighted by Crippen LogP contribution is -2.47. The van der Waals surface area contributed by atoms with Gasteiger partial charge in [0.05, 0.1) is 6.04 Å². The van der Waals surface area contributed by atoms with Gasteiger partial charge in [0.25, 0.3) is 0 Å². The number of imide groups is 1. The first-order valence-corrected chi connectivity index (χ1v) is 4.44. The van der Waals surface area contributed by atoms with Crippen LogP contribution in [-0.4, -0.2) is 24.4 Å². The lowest BCUT2D eigenvalue weighted by molar-refractivity contribution is -0.129. The summed E-state index contributed by atoms with van der Waals surface area (Å²) in [5.41, 5.74) is 0. The van der Waals surface area contributed by atoms with Crippen molar-refractivity contribution in [2.75, 3.05) is 6.54 Å². The molecule has 4 heteroatoms. The third kappa shape index (κ3) is 2.99. The van der Waals surface area contributed by atoms with Gasteiger partial charge in [-0.3, -0.25) is 14.9 Å². The highest BCUT2D eigenvalue weighted by atomic mass is 16.2. The van der Waals surface area contributed by atoms with Gasteiger partial charge >= 0.3 is 0 Å². The molecule has 0 aliphatic carbocycles. The second-order valence-electron chi connectivity index (χ2n) is 3.06. The maximum atomic E-state index is 11.3. The van der Waals surface area contributed by atoms with E-state index in [1.807, 2.05) is 0 Å². The molecule has 0 bridgehead atoms. The molecule has 0 radical (unpaired) electrons. The molecule has 1 saturated heterocycles. The lowest BCUT2D eigenvalue weighted by atomic mass is 10.0. The van der Waals surface area contributed by atoms with Crippen molar-refractivity contribution in [2.45, 2.75) is 25.3 Å². The predicted molar refractivity (Wildman–Crippen MR) is 49.0 cm³/mol. The Morgan fingerprint density at radius 1 is 1.46 bits per heavy atom. The number of rotatable bonds is 2. The second kappa shape index (κ2) is 4.77. The van der Waals surface area contributed by atoms with Gasteiger partial charge in [0.2, 0.25) is 11.8 Å². The fourth-order valence-electron chi connectivity index (χ4n) is 1.34. The van der Waals surface area contributed by atoms with Crippen LogP contribution in [0.25, 0.3) is 0 Å². The summed E-state index contributed by atoms with van der Waals surface area (Å²) in [6.07, 6.45) is 4.03. The zero-order valence-electron chi connectivity index (χ0n) is 7.51. The first-order valence-electron chi connectivity index (χ1n) is 4.44. The molecule has 13 heavy (non-hydrogen) atoms. The predicted octanol–water partition coefficient (Wildman–Crippen LogP) is -0.0427. The van der Waals surface area contributed by atoms with E-state index < -0.39 is 5.91 Å². The molecule has 2 N–H and O–H groups in total. The number of hydrogen-bond acceptors (Lipinski definition) is 3. The summed E-state index contributed by atoms with van der Waals surface area (Å²) in [4.78, 5) is 22.1. The van der Waals surface area contributed by atoms with E-state index in [2.05, 4.69) is 17.2 Å². The van der Waals surface area contributed by atoms with Crippen LogP contribution in [0.4, 0.5) is 0 Å². The summed E-state index contributed by atoms with van der Waals surface area (Å²) < 4.78 is 0. The largest absolute Gasteiger partial charge is 0.306 e. The van der Waals surface area contributed by atoms with Gasteiger partial charge in [0.1, 0.15) is 0 Å². The average molecular weight is 182 g/mol. The minimum atomic E-state index is -0.433. The monoisotopic (exact) mass is 182 g/mol. The lowest BCUT2D eigenvalue weighted by Gasteiger charge is -2.21. The topological polar surface area (TPSA) is 58.2 Å². The molecule has 1 fully saturated rings. The van der Waals surface area contributed by atoms with Crippen LogP contribution >= 0.6 is 0 Å². The van der Waals surface area contributed by atoms with Crippen molar-refractivity contribution in [3.8, 4) is 0 Å². The van der Waals surface area contributed by atoms with E-state index in [9.17, 15) is 9.59 Å². The number of piperidine rings is 1. The Morgan fingerprint density at radius 2 is 2.23 bits per heavy atom. The van der Waals surface area contributed by atoms with Crippen LogP contribution in [0, 0.1) is 0 Å². The quantitative estimate of drug-likeness (QED) is 0.589. The van der Waals surface area contributed by atoms with E-state index >= 15 is 0 Å². The van der Waals surface area contributed by atoms with Gasteiger partial charge < -0.3 is 5.32 Å². The zero-order valence-corrected chi connectivity index (χ0v) is 7.51. The smallest absolute Gasteiger partial charge is 0.249 e. The molecule has 1 aliphatic rings. The molecular formula is C9H14N2O2. The number of nitrogens with one attached hydrogen (secondary N) is 2. The molecule has 1 atom stereocenters. The highest BCUT2D eigenvalue weighted by molar-refractivity contribution is 6.02. The standard InChI is InChI=1S/C9H14N2O2/c1-2-8(12)11-9(13)7-5-3-4-6-10-7/h2,7,10H,1,3-6H2,(H,11,12,13). The molecule has 72 valence electrons. The van der Waals surface area contributed by atoms with E-state index in [1.54, 1.807) is 0 Å². The molecule has 0 spiro atoms. The maximum Gasteiger partial charge on any atom is 0.249 e. The summed E-state index contributed by atoms with van der Waals surface area (Å²) in [6.45, 7) is 4.12. The minimum absolute atomic E-state index is 0.211. The van der Waals surface area contributed by atoms with E-state index in [-0.39, 0.29) is 11.9 Å². The fraction of sp³-hybridized carbons (Fsp3) is 0.556. The van der Waals surface area contributed by atoms with Crippen LogP contribution < -0.4 is 10.6 Å². The van der Waals surface area contributed by atoms with Gasteiger partial charge in [-0.1, -0.05) is 13.0 Å². The molecule has 2 amide bonds. The normalized spacial score (nSPS) is 22.0. The molecule has 1 heterocycles. The van der Waals surface area contributed by atoms with Crippen molar-refractivity contribution in [3.05, 3.63) is 12.7 Å². The van der Waals surface area contributed by atoms with E-state index in [4.69, 9.17) is 0 Å². The van der Waals surface area contributed by atoms with Gasteiger partial charge in [-0.2, -0.15) is 0 Å². The Bertz CT molecular complexity index is 220. The van der Waals surface area contributed by atoms with Crippen LogP contribution in [0.5, 0.6) is 0 Å². The summed E-state index contributed by atoms with van der Waals surface area (Å²) >= 11 is 0. The number of carbonyl (C=O) groups is 2. The highest BCUT2D eigenvalue weighted by Gasteiger charge is 2.20. The molecule has 4 nitrogen and oxygen atoms in total. The van der Waals surface area contributed by atoms with Crippen LogP contribution in [0.1, 0.15) is 19.3 Å². The summed E-state index contributed by atoms with van der Waals surface area (Å²) in [5.74, 6) is -0.679. The molecular weight excluding hydrogens is 168 g/mol. The van der Waals surface area contributed by atoms with Crippen LogP contribution in [0.15, 0.2) is 12.7 Å². The SMILES string of the molecule is C=CC(=O)NC(=O)C1CCCCN1.